The maximum atomic E-state index is 13.2. The third-order valence-corrected chi connectivity index (χ3v) is 4.68. The van der Waals surface area contributed by atoms with Gasteiger partial charge in [0.15, 0.2) is 0 Å². The van der Waals surface area contributed by atoms with Gasteiger partial charge in [0.05, 0.1) is 16.1 Å². The van der Waals surface area contributed by atoms with Gasteiger partial charge in [0.2, 0.25) is 5.91 Å². The van der Waals surface area contributed by atoms with Gasteiger partial charge in [-0.15, -0.1) is 0 Å². The van der Waals surface area contributed by atoms with Gasteiger partial charge in [0.25, 0.3) is 0 Å². The number of carbonyl (C=O) groups excluding carboxylic acids is 1. The van der Waals surface area contributed by atoms with Crippen molar-refractivity contribution in [2.24, 2.45) is 5.73 Å². The first-order valence-electron chi connectivity index (χ1n) is 7.80. The van der Waals surface area contributed by atoms with E-state index in [0.717, 1.165) is 27.4 Å². The number of primary amides is 1. The van der Waals surface area contributed by atoms with Crippen LogP contribution >= 0.6 is 11.6 Å². The highest BCUT2D eigenvalue weighted by molar-refractivity contribution is 6.37. The van der Waals surface area contributed by atoms with E-state index in [9.17, 15) is 9.18 Å². The molecule has 124 valence electrons. The lowest BCUT2D eigenvalue weighted by Gasteiger charge is -2.09. The van der Waals surface area contributed by atoms with Gasteiger partial charge in [-0.05, 0) is 35.9 Å². The first-order chi connectivity index (χ1) is 12.1. The largest absolute Gasteiger partial charge is 0.366 e. The molecule has 0 aliphatic carbocycles. The lowest BCUT2D eigenvalue weighted by molar-refractivity contribution is 0.100. The molecule has 0 fully saturated rings. The summed E-state index contributed by atoms with van der Waals surface area (Å²) in [7, 11) is 0. The van der Waals surface area contributed by atoms with Gasteiger partial charge in [-0.3, -0.25) is 4.79 Å². The van der Waals surface area contributed by atoms with Crippen LogP contribution in [0.15, 0.2) is 60.7 Å². The standard InChI is InChI=1S/C20H14ClFN2O/c21-16-5-1-3-14-18-15(20(23)25)4-2-6-17(18)24(19(14)16)11-12-7-9-13(22)10-8-12/h1-10H,11H2,(H2,23,25). The van der Waals surface area contributed by atoms with E-state index < -0.39 is 5.91 Å². The van der Waals surface area contributed by atoms with E-state index in [4.69, 9.17) is 17.3 Å². The second kappa shape index (κ2) is 5.90. The highest BCUT2D eigenvalue weighted by atomic mass is 35.5. The SMILES string of the molecule is NC(=O)c1cccc2c1c1cccc(Cl)c1n2Cc1ccc(F)cc1. The molecule has 4 aromatic rings. The van der Waals surface area contributed by atoms with Crippen LogP contribution in [0.2, 0.25) is 5.02 Å². The number of rotatable bonds is 3. The molecule has 0 saturated heterocycles. The van der Waals surface area contributed by atoms with Gasteiger partial charge < -0.3 is 10.3 Å². The third kappa shape index (κ3) is 2.55. The molecule has 25 heavy (non-hydrogen) atoms. The van der Waals surface area contributed by atoms with Crippen LogP contribution in [0, 0.1) is 5.82 Å². The van der Waals surface area contributed by atoms with E-state index in [0.29, 0.717) is 17.1 Å². The molecule has 0 bridgehead atoms. The van der Waals surface area contributed by atoms with Gasteiger partial charge in [0.1, 0.15) is 5.82 Å². The number of amides is 1. The molecule has 0 radical (unpaired) electrons. The van der Waals surface area contributed by atoms with Gasteiger partial charge in [-0.1, -0.05) is 41.9 Å². The van der Waals surface area contributed by atoms with Crippen LogP contribution in [0.25, 0.3) is 21.8 Å². The summed E-state index contributed by atoms with van der Waals surface area (Å²) in [5, 5.41) is 2.25. The number of halogens is 2. The monoisotopic (exact) mass is 352 g/mol. The average molecular weight is 353 g/mol. The second-order valence-electron chi connectivity index (χ2n) is 5.91. The minimum atomic E-state index is -0.480. The second-order valence-corrected chi connectivity index (χ2v) is 6.32. The molecule has 0 spiro atoms. The van der Waals surface area contributed by atoms with Crippen LogP contribution in [-0.4, -0.2) is 10.5 Å². The van der Waals surface area contributed by atoms with Crippen LogP contribution in [0.5, 0.6) is 0 Å². The average Bonchev–Trinajstić information content (AvgIpc) is 2.92. The molecule has 2 N–H and O–H groups in total. The normalized spacial score (nSPS) is 11.3. The van der Waals surface area contributed by atoms with Crippen molar-refractivity contribution >= 4 is 39.3 Å². The zero-order chi connectivity index (χ0) is 17.6. The van der Waals surface area contributed by atoms with E-state index in [2.05, 4.69) is 0 Å². The molecule has 3 aromatic carbocycles. The van der Waals surface area contributed by atoms with Crippen molar-refractivity contribution in [1.29, 1.82) is 0 Å². The molecule has 5 heteroatoms. The van der Waals surface area contributed by atoms with E-state index in [1.54, 1.807) is 24.3 Å². The fraction of sp³-hybridized carbons (Fsp3) is 0.0500. The lowest BCUT2D eigenvalue weighted by atomic mass is 10.1. The van der Waals surface area contributed by atoms with Gasteiger partial charge >= 0.3 is 0 Å². The van der Waals surface area contributed by atoms with E-state index in [-0.39, 0.29) is 5.82 Å². The summed E-state index contributed by atoms with van der Waals surface area (Å²) in [6.07, 6.45) is 0. The summed E-state index contributed by atoms with van der Waals surface area (Å²) in [6.45, 7) is 0.506. The molecule has 0 atom stereocenters. The van der Waals surface area contributed by atoms with Crippen molar-refractivity contribution in [1.82, 2.24) is 4.57 Å². The van der Waals surface area contributed by atoms with Crippen molar-refractivity contribution in [2.45, 2.75) is 6.54 Å². The summed E-state index contributed by atoms with van der Waals surface area (Å²) in [4.78, 5) is 11.9. The number of benzene rings is 3. The van der Waals surface area contributed by atoms with Crippen molar-refractivity contribution in [3.05, 3.63) is 82.6 Å². The number of nitrogens with two attached hydrogens (primary N) is 1. The molecule has 0 aliphatic rings. The topological polar surface area (TPSA) is 48.0 Å². The highest BCUT2D eigenvalue weighted by Gasteiger charge is 2.18. The predicted octanol–water partition coefficient (Wildman–Crippen LogP) is 4.73. The van der Waals surface area contributed by atoms with Crippen LogP contribution in [0.3, 0.4) is 0 Å². The van der Waals surface area contributed by atoms with E-state index in [1.165, 1.54) is 12.1 Å². The predicted molar refractivity (Wildman–Crippen MR) is 98.5 cm³/mol. The molecule has 1 aromatic heterocycles. The molecule has 1 amide bonds. The van der Waals surface area contributed by atoms with Gasteiger partial charge in [0, 0.05) is 22.9 Å². The fourth-order valence-corrected chi connectivity index (χ4v) is 3.58. The van der Waals surface area contributed by atoms with Crippen molar-refractivity contribution in [2.75, 3.05) is 0 Å². The maximum absolute atomic E-state index is 13.2. The van der Waals surface area contributed by atoms with Crippen LogP contribution in [0.4, 0.5) is 4.39 Å². The van der Waals surface area contributed by atoms with Crippen molar-refractivity contribution in [3.63, 3.8) is 0 Å². The van der Waals surface area contributed by atoms with Crippen LogP contribution < -0.4 is 5.73 Å². The summed E-state index contributed by atoms with van der Waals surface area (Å²) < 4.78 is 15.2. The Balaban J connectivity index is 2.06. The summed E-state index contributed by atoms with van der Waals surface area (Å²) >= 11 is 6.46. The number of para-hydroxylation sites is 1. The minimum Gasteiger partial charge on any atom is -0.366 e. The Morgan fingerprint density at radius 2 is 1.76 bits per heavy atom. The molecule has 0 saturated carbocycles. The molecular formula is C20H14ClFN2O. The number of aromatic nitrogens is 1. The third-order valence-electron chi connectivity index (χ3n) is 4.38. The maximum Gasteiger partial charge on any atom is 0.249 e. The van der Waals surface area contributed by atoms with E-state index in [1.807, 2.05) is 28.8 Å². The zero-order valence-corrected chi connectivity index (χ0v) is 13.9. The number of nitrogens with zero attached hydrogens (tertiary/aromatic N) is 1. The lowest BCUT2D eigenvalue weighted by Crippen LogP contribution is -2.11. The highest BCUT2D eigenvalue weighted by Crippen LogP contribution is 2.35. The quantitative estimate of drug-likeness (QED) is 0.569. The Kier molecular flexibility index (Phi) is 3.70. The Morgan fingerprint density at radius 1 is 1.04 bits per heavy atom. The molecule has 0 unspecified atom stereocenters. The molecular weight excluding hydrogens is 339 g/mol. The van der Waals surface area contributed by atoms with Crippen LogP contribution in [0.1, 0.15) is 15.9 Å². The first kappa shape index (κ1) is 15.7. The van der Waals surface area contributed by atoms with Gasteiger partial charge in [-0.25, -0.2) is 4.39 Å². The summed E-state index contributed by atoms with van der Waals surface area (Å²) in [6, 6.07) is 17.4. The minimum absolute atomic E-state index is 0.278. The summed E-state index contributed by atoms with van der Waals surface area (Å²) in [5.41, 5.74) is 8.66. The smallest absolute Gasteiger partial charge is 0.249 e. The molecule has 0 aliphatic heterocycles. The number of hydrogen-bond acceptors (Lipinski definition) is 1. The first-order valence-corrected chi connectivity index (χ1v) is 8.18. The summed E-state index contributed by atoms with van der Waals surface area (Å²) in [5.74, 6) is -0.758. The Hall–Kier alpha value is -2.85. The fourth-order valence-electron chi connectivity index (χ4n) is 3.30. The Labute approximate surface area is 148 Å². The molecule has 4 rings (SSSR count). The van der Waals surface area contributed by atoms with Crippen molar-refractivity contribution < 1.29 is 9.18 Å². The number of fused-ring (bicyclic) bond motifs is 3. The molecule has 3 nitrogen and oxygen atoms in total. The van der Waals surface area contributed by atoms with Gasteiger partial charge in [-0.2, -0.15) is 0 Å². The van der Waals surface area contributed by atoms with E-state index >= 15 is 0 Å². The molecule has 1 heterocycles. The Morgan fingerprint density at radius 3 is 2.48 bits per heavy atom. The van der Waals surface area contributed by atoms with Crippen LogP contribution in [-0.2, 0) is 6.54 Å². The number of carbonyl (C=O) groups is 1. The Bertz CT molecular complexity index is 1120. The van der Waals surface area contributed by atoms with Crippen molar-refractivity contribution in [3.8, 4) is 0 Å². The number of hydrogen-bond donors (Lipinski definition) is 1. The zero-order valence-electron chi connectivity index (χ0n) is 13.2.